The molecule has 23 heavy (non-hydrogen) atoms. The molecule has 1 fully saturated rings. The van der Waals surface area contributed by atoms with Gasteiger partial charge < -0.3 is 25.3 Å². The van der Waals surface area contributed by atoms with E-state index in [2.05, 4.69) is 15.6 Å². The van der Waals surface area contributed by atoms with Gasteiger partial charge in [0.1, 0.15) is 17.1 Å². The van der Waals surface area contributed by atoms with Crippen molar-refractivity contribution in [2.75, 3.05) is 20.1 Å². The zero-order valence-corrected chi connectivity index (χ0v) is 14.6. The van der Waals surface area contributed by atoms with Gasteiger partial charge >= 0.3 is 0 Å². The van der Waals surface area contributed by atoms with Crippen LogP contribution in [0.3, 0.4) is 0 Å². The fourth-order valence-electron chi connectivity index (χ4n) is 3.20. The van der Waals surface area contributed by atoms with E-state index < -0.39 is 11.2 Å². The Balaban J connectivity index is 1.90. The van der Waals surface area contributed by atoms with Gasteiger partial charge in [0.25, 0.3) is 0 Å². The zero-order valence-electron chi connectivity index (χ0n) is 14.6. The Morgan fingerprint density at radius 1 is 1.35 bits per heavy atom. The number of nitrogens with one attached hydrogen (secondary N) is 2. The zero-order chi connectivity index (χ0) is 17.1. The van der Waals surface area contributed by atoms with Gasteiger partial charge in [0.15, 0.2) is 5.96 Å². The van der Waals surface area contributed by atoms with Crippen molar-refractivity contribution in [1.29, 1.82) is 0 Å². The Labute approximate surface area is 138 Å². The highest BCUT2D eigenvalue weighted by molar-refractivity contribution is 5.79. The van der Waals surface area contributed by atoms with Crippen molar-refractivity contribution in [3.8, 4) is 0 Å². The van der Waals surface area contributed by atoms with Gasteiger partial charge in [0, 0.05) is 19.2 Å². The van der Waals surface area contributed by atoms with E-state index in [1.165, 1.54) is 0 Å². The van der Waals surface area contributed by atoms with Crippen molar-refractivity contribution in [3.63, 3.8) is 0 Å². The minimum absolute atomic E-state index is 0.297. The molecule has 0 amide bonds. The molecule has 4 N–H and O–H groups in total. The molecular weight excluding hydrogens is 294 g/mol. The lowest BCUT2D eigenvalue weighted by atomic mass is 9.96. The van der Waals surface area contributed by atoms with Gasteiger partial charge in [-0.3, -0.25) is 4.99 Å². The fourth-order valence-corrected chi connectivity index (χ4v) is 3.20. The van der Waals surface area contributed by atoms with Gasteiger partial charge in [-0.2, -0.15) is 0 Å². The highest BCUT2D eigenvalue weighted by atomic mass is 16.3. The van der Waals surface area contributed by atoms with Crippen LogP contribution < -0.4 is 10.6 Å². The van der Waals surface area contributed by atoms with Crippen LogP contribution >= 0.6 is 0 Å². The number of furan rings is 1. The van der Waals surface area contributed by atoms with Crippen molar-refractivity contribution in [1.82, 2.24) is 10.6 Å². The summed E-state index contributed by atoms with van der Waals surface area (Å²) in [4.78, 5) is 4.15. The van der Waals surface area contributed by atoms with E-state index in [0.29, 0.717) is 19.0 Å². The quantitative estimate of drug-likeness (QED) is 0.488. The van der Waals surface area contributed by atoms with Gasteiger partial charge in [-0.15, -0.1) is 0 Å². The first-order valence-corrected chi connectivity index (χ1v) is 8.22. The molecule has 1 aromatic heterocycles. The molecule has 0 radical (unpaired) electrons. The van der Waals surface area contributed by atoms with Crippen LogP contribution in [0, 0.1) is 13.8 Å². The summed E-state index contributed by atoms with van der Waals surface area (Å²) in [5.41, 5.74) is -0.936. The Morgan fingerprint density at radius 3 is 2.52 bits per heavy atom. The number of aliphatic hydroxyl groups is 2. The highest BCUT2D eigenvalue weighted by Gasteiger charge is 2.31. The lowest BCUT2D eigenvalue weighted by Crippen LogP contribution is -2.49. The third-order valence-corrected chi connectivity index (χ3v) is 4.56. The average Bonchev–Trinajstić information content (AvgIpc) is 3.05. The maximum atomic E-state index is 10.7. The molecule has 0 aliphatic heterocycles. The Hall–Kier alpha value is -1.53. The molecule has 1 aliphatic carbocycles. The first kappa shape index (κ1) is 17.8. The highest BCUT2D eigenvalue weighted by Crippen LogP contribution is 2.28. The molecule has 0 aromatic carbocycles. The van der Waals surface area contributed by atoms with E-state index in [4.69, 9.17) is 4.42 Å². The van der Waals surface area contributed by atoms with E-state index in [-0.39, 0.29) is 0 Å². The molecular formula is C17H29N3O3. The van der Waals surface area contributed by atoms with Crippen LogP contribution in [0.15, 0.2) is 15.5 Å². The van der Waals surface area contributed by atoms with Gasteiger partial charge in [0.2, 0.25) is 0 Å². The van der Waals surface area contributed by atoms with Crippen molar-refractivity contribution >= 4 is 5.96 Å². The minimum atomic E-state index is -1.07. The predicted octanol–water partition coefficient (Wildman–Crippen LogP) is 1.57. The second kappa shape index (κ2) is 6.93. The topological polar surface area (TPSA) is 90.0 Å². The second-order valence-electron chi connectivity index (χ2n) is 6.81. The molecule has 0 spiro atoms. The summed E-state index contributed by atoms with van der Waals surface area (Å²) >= 11 is 0. The SMILES string of the molecule is CN=C(NCC1(O)CCCC1)NCC(C)(O)c1cc(C)oc1C. The molecule has 1 aromatic rings. The molecule has 0 bridgehead atoms. The number of nitrogens with zero attached hydrogens (tertiary/aromatic N) is 1. The molecule has 1 atom stereocenters. The monoisotopic (exact) mass is 323 g/mol. The maximum absolute atomic E-state index is 10.7. The van der Waals surface area contributed by atoms with Crippen LogP contribution in [0.4, 0.5) is 0 Å². The van der Waals surface area contributed by atoms with Crippen LogP contribution in [-0.4, -0.2) is 41.9 Å². The smallest absolute Gasteiger partial charge is 0.191 e. The number of guanidine groups is 1. The summed E-state index contributed by atoms with van der Waals surface area (Å²) in [6.07, 6.45) is 3.78. The molecule has 1 aliphatic rings. The summed E-state index contributed by atoms with van der Waals surface area (Å²) in [6, 6.07) is 1.86. The number of aryl methyl sites for hydroxylation is 2. The predicted molar refractivity (Wildman–Crippen MR) is 90.5 cm³/mol. The largest absolute Gasteiger partial charge is 0.466 e. The molecule has 2 rings (SSSR count). The molecule has 1 heterocycles. The molecule has 130 valence electrons. The normalized spacial score (nSPS) is 20.3. The minimum Gasteiger partial charge on any atom is -0.466 e. The van der Waals surface area contributed by atoms with Gasteiger partial charge in [0.05, 0.1) is 12.1 Å². The number of hydrogen-bond acceptors (Lipinski definition) is 4. The molecule has 6 nitrogen and oxygen atoms in total. The Bertz CT molecular complexity index is 557. The summed E-state index contributed by atoms with van der Waals surface area (Å²) in [5.74, 6) is 2.07. The maximum Gasteiger partial charge on any atom is 0.191 e. The van der Waals surface area contributed by atoms with E-state index in [1.54, 1.807) is 14.0 Å². The Kier molecular flexibility index (Phi) is 5.37. The van der Waals surface area contributed by atoms with Gasteiger partial charge in [-0.1, -0.05) is 12.8 Å². The number of aliphatic imine (C=N–C) groups is 1. The van der Waals surface area contributed by atoms with E-state index in [9.17, 15) is 10.2 Å². The third kappa shape index (κ3) is 4.48. The second-order valence-corrected chi connectivity index (χ2v) is 6.81. The van der Waals surface area contributed by atoms with Crippen molar-refractivity contribution in [2.45, 2.75) is 57.7 Å². The molecule has 6 heteroatoms. The summed E-state index contributed by atoms with van der Waals surface area (Å²) in [7, 11) is 1.68. The average molecular weight is 323 g/mol. The van der Waals surface area contributed by atoms with Crippen LogP contribution in [-0.2, 0) is 5.60 Å². The van der Waals surface area contributed by atoms with E-state index in [1.807, 2.05) is 19.9 Å². The van der Waals surface area contributed by atoms with E-state index in [0.717, 1.165) is 42.8 Å². The van der Waals surface area contributed by atoms with E-state index >= 15 is 0 Å². The molecule has 1 saturated carbocycles. The van der Waals surface area contributed by atoms with Crippen LogP contribution in [0.2, 0.25) is 0 Å². The van der Waals surface area contributed by atoms with Gasteiger partial charge in [-0.05, 0) is 39.7 Å². The number of rotatable bonds is 5. The summed E-state index contributed by atoms with van der Waals surface area (Å²) < 4.78 is 5.50. The van der Waals surface area contributed by atoms with Gasteiger partial charge in [-0.25, -0.2) is 0 Å². The van der Waals surface area contributed by atoms with Crippen molar-refractivity contribution in [2.24, 2.45) is 4.99 Å². The summed E-state index contributed by atoms with van der Waals surface area (Å²) in [6.45, 7) is 6.22. The number of hydrogen-bond donors (Lipinski definition) is 4. The van der Waals surface area contributed by atoms with Crippen molar-refractivity contribution < 1.29 is 14.6 Å². The van der Waals surface area contributed by atoms with Crippen LogP contribution in [0.1, 0.15) is 49.7 Å². The Morgan fingerprint density at radius 2 is 2.00 bits per heavy atom. The molecule has 0 saturated heterocycles. The first-order valence-electron chi connectivity index (χ1n) is 8.22. The van der Waals surface area contributed by atoms with Crippen LogP contribution in [0.5, 0.6) is 0 Å². The molecule has 1 unspecified atom stereocenters. The lowest BCUT2D eigenvalue weighted by molar-refractivity contribution is 0.0510. The lowest BCUT2D eigenvalue weighted by Gasteiger charge is -2.27. The fraction of sp³-hybridized carbons (Fsp3) is 0.706. The standard InChI is InChI=1S/C17H29N3O3/c1-12-9-14(13(2)23-12)16(3,21)10-19-15(18-4)20-11-17(22)7-5-6-8-17/h9,21-22H,5-8,10-11H2,1-4H3,(H2,18,19,20). The summed E-state index contributed by atoms with van der Waals surface area (Å²) in [5, 5.41) is 27.3. The van der Waals surface area contributed by atoms with Crippen molar-refractivity contribution in [3.05, 3.63) is 23.2 Å². The van der Waals surface area contributed by atoms with Crippen LogP contribution in [0.25, 0.3) is 0 Å². The first-order chi connectivity index (χ1) is 10.8. The third-order valence-electron chi connectivity index (χ3n) is 4.56.